The van der Waals surface area contributed by atoms with Gasteiger partial charge in [-0.2, -0.15) is 0 Å². The highest BCUT2D eigenvalue weighted by molar-refractivity contribution is 5.78. The van der Waals surface area contributed by atoms with Crippen molar-refractivity contribution in [3.63, 3.8) is 0 Å². The molecule has 0 unspecified atom stereocenters. The largest absolute Gasteiger partial charge is 0.349 e. The van der Waals surface area contributed by atoms with Crippen molar-refractivity contribution in [2.24, 2.45) is 5.92 Å². The topological polar surface area (TPSA) is 20.3 Å². The van der Waals surface area contributed by atoms with Gasteiger partial charge in [-0.1, -0.05) is 117 Å². The van der Waals surface area contributed by atoms with Crippen LogP contribution in [0.5, 0.6) is 0 Å². The van der Waals surface area contributed by atoms with E-state index in [0.717, 1.165) is 12.8 Å². The Balaban J connectivity index is 3.80. The first-order valence-corrected chi connectivity index (χ1v) is 11.8. The lowest BCUT2D eigenvalue weighted by molar-refractivity contribution is -0.133. The number of hydrogen-bond donors (Lipinski definition) is 0. The second-order valence-electron chi connectivity index (χ2n) is 8.46. The molecule has 0 aliphatic heterocycles. The molecule has 0 atom stereocenters. The third-order valence-corrected chi connectivity index (χ3v) is 5.60. The summed E-state index contributed by atoms with van der Waals surface area (Å²) in [6.45, 7) is 4.54. The predicted molar refractivity (Wildman–Crippen MR) is 117 cm³/mol. The summed E-state index contributed by atoms with van der Waals surface area (Å²) in [6.07, 6.45) is 23.8. The normalized spacial score (nSPS) is 11.3. The minimum Gasteiger partial charge on any atom is -0.349 e. The van der Waals surface area contributed by atoms with Crippen LogP contribution in [0.2, 0.25) is 0 Å². The molecule has 0 spiro atoms. The molecule has 0 aromatic heterocycles. The molecule has 0 rings (SSSR count). The van der Waals surface area contributed by atoms with E-state index in [1.165, 1.54) is 103 Å². The lowest BCUT2D eigenvalue weighted by Gasteiger charge is -2.20. The number of unbranched alkanes of at least 4 members (excludes halogenated alkanes) is 14. The van der Waals surface area contributed by atoms with Crippen LogP contribution in [0, 0.1) is 5.92 Å². The van der Waals surface area contributed by atoms with E-state index in [4.69, 9.17) is 0 Å². The average Bonchev–Trinajstić information content (AvgIpc) is 2.63. The molecule has 0 saturated carbocycles. The highest BCUT2D eigenvalue weighted by Crippen LogP contribution is 2.21. The Morgan fingerprint density at radius 1 is 0.577 bits per heavy atom. The third kappa shape index (κ3) is 15.7. The Morgan fingerprint density at radius 3 is 1.19 bits per heavy atom. The Bertz CT molecular complexity index is 281. The number of carbonyl (C=O) groups is 1. The van der Waals surface area contributed by atoms with Crippen molar-refractivity contribution >= 4 is 5.91 Å². The van der Waals surface area contributed by atoms with Crippen LogP contribution < -0.4 is 0 Å². The standard InChI is InChI=1S/C24H49NO/c1-5-7-9-11-13-15-17-19-21-23(24(26)25(3)4)22-20-18-16-14-12-10-8-6-2/h23H,5-22H2,1-4H3. The van der Waals surface area contributed by atoms with Crippen molar-refractivity contribution in [1.29, 1.82) is 0 Å². The van der Waals surface area contributed by atoms with E-state index in [9.17, 15) is 4.79 Å². The first kappa shape index (κ1) is 25.5. The van der Waals surface area contributed by atoms with Gasteiger partial charge in [0.05, 0.1) is 0 Å². The highest BCUT2D eigenvalue weighted by Gasteiger charge is 2.19. The molecule has 0 bridgehead atoms. The maximum absolute atomic E-state index is 12.4. The van der Waals surface area contributed by atoms with Gasteiger partial charge in [0, 0.05) is 20.0 Å². The molecule has 2 nitrogen and oxygen atoms in total. The summed E-state index contributed by atoms with van der Waals surface area (Å²) >= 11 is 0. The van der Waals surface area contributed by atoms with Crippen molar-refractivity contribution in [3.05, 3.63) is 0 Å². The van der Waals surface area contributed by atoms with Gasteiger partial charge in [0.25, 0.3) is 0 Å². The smallest absolute Gasteiger partial charge is 0.225 e. The van der Waals surface area contributed by atoms with Crippen LogP contribution in [0.1, 0.15) is 129 Å². The predicted octanol–water partition coefficient (Wildman–Crippen LogP) is 7.75. The third-order valence-electron chi connectivity index (χ3n) is 5.60. The summed E-state index contributed by atoms with van der Waals surface area (Å²) in [4.78, 5) is 14.3. The van der Waals surface area contributed by atoms with Gasteiger partial charge in [0.2, 0.25) is 5.91 Å². The second-order valence-corrected chi connectivity index (χ2v) is 8.46. The fraction of sp³-hybridized carbons (Fsp3) is 0.958. The quantitative estimate of drug-likeness (QED) is 0.214. The number of nitrogens with zero attached hydrogens (tertiary/aromatic N) is 1. The van der Waals surface area contributed by atoms with E-state index < -0.39 is 0 Å². The van der Waals surface area contributed by atoms with Crippen LogP contribution in [0.25, 0.3) is 0 Å². The van der Waals surface area contributed by atoms with Crippen molar-refractivity contribution in [2.45, 2.75) is 129 Å². The Hall–Kier alpha value is -0.530. The zero-order valence-electron chi connectivity index (χ0n) is 18.7. The Kier molecular flexibility index (Phi) is 18.8. The molecule has 1 amide bonds. The number of hydrogen-bond acceptors (Lipinski definition) is 1. The van der Waals surface area contributed by atoms with E-state index in [0.29, 0.717) is 5.91 Å². The minimum atomic E-state index is 0.269. The maximum Gasteiger partial charge on any atom is 0.225 e. The van der Waals surface area contributed by atoms with Crippen LogP contribution in [0.3, 0.4) is 0 Å². The second kappa shape index (κ2) is 19.2. The molecule has 0 aliphatic carbocycles. The Morgan fingerprint density at radius 2 is 0.885 bits per heavy atom. The Labute approximate surface area is 165 Å². The fourth-order valence-electron chi connectivity index (χ4n) is 3.81. The van der Waals surface area contributed by atoms with Gasteiger partial charge in [-0.3, -0.25) is 4.79 Å². The zero-order valence-corrected chi connectivity index (χ0v) is 18.7. The molecule has 156 valence electrons. The van der Waals surface area contributed by atoms with E-state index in [2.05, 4.69) is 13.8 Å². The number of rotatable bonds is 19. The van der Waals surface area contributed by atoms with Crippen LogP contribution >= 0.6 is 0 Å². The lowest BCUT2D eigenvalue weighted by atomic mass is 9.93. The van der Waals surface area contributed by atoms with E-state index in [1.807, 2.05) is 14.1 Å². The molecule has 0 radical (unpaired) electrons. The monoisotopic (exact) mass is 367 g/mol. The molecule has 2 heteroatoms. The van der Waals surface area contributed by atoms with Crippen molar-refractivity contribution in [2.75, 3.05) is 14.1 Å². The van der Waals surface area contributed by atoms with Crippen LogP contribution in [-0.2, 0) is 4.79 Å². The van der Waals surface area contributed by atoms with Crippen molar-refractivity contribution in [1.82, 2.24) is 4.90 Å². The van der Waals surface area contributed by atoms with Gasteiger partial charge in [-0.15, -0.1) is 0 Å². The average molecular weight is 368 g/mol. The molecule has 0 aliphatic rings. The molecular weight excluding hydrogens is 318 g/mol. The molecule has 0 saturated heterocycles. The number of carbonyl (C=O) groups excluding carboxylic acids is 1. The molecular formula is C24H49NO. The van der Waals surface area contributed by atoms with Crippen molar-refractivity contribution in [3.8, 4) is 0 Å². The summed E-state index contributed by atoms with van der Waals surface area (Å²) in [5.41, 5.74) is 0. The van der Waals surface area contributed by atoms with E-state index in [1.54, 1.807) is 4.90 Å². The summed E-state index contributed by atoms with van der Waals surface area (Å²) in [7, 11) is 3.83. The van der Waals surface area contributed by atoms with Gasteiger partial charge >= 0.3 is 0 Å². The first-order valence-electron chi connectivity index (χ1n) is 11.8. The molecule has 0 heterocycles. The van der Waals surface area contributed by atoms with E-state index >= 15 is 0 Å². The van der Waals surface area contributed by atoms with Gasteiger partial charge in [-0.25, -0.2) is 0 Å². The summed E-state index contributed by atoms with van der Waals surface area (Å²) in [6, 6.07) is 0. The van der Waals surface area contributed by atoms with Crippen molar-refractivity contribution < 1.29 is 4.79 Å². The maximum atomic E-state index is 12.4. The van der Waals surface area contributed by atoms with Gasteiger partial charge in [0.15, 0.2) is 0 Å². The van der Waals surface area contributed by atoms with Gasteiger partial charge in [-0.05, 0) is 12.8 Å². The lowest BCUT2D eigenvalue weighted by Crippen LogP contribution is -2.29. The van der Waals surface area contributed by atoms with Gasteiger partial charge in [0.1, 0.15) is 0 Å². The molecule has 0 aromatic rings. The molecule has 0 N–H and O–H groups in total. The SMILES string of the molecule is CCCCCCCCCCC(CCCCCCCCCC)C(=O)N(C)C. The number of amides is 1. The zero-order chi connectivity index (χ0) is 19.5. The summed E-state index contributed by atoms with van der Waals surface area (Å²) in [5.74, 6) is 0.626. The fourth-order valence-corrected chi connectivity index (χ4v) is 3.81. The minimum absolute atomic E-state index is 0.269. The molecule has 0 aromatic carbocycles. The summed E-state index contributed by atoms with van der Waals surface area (Å²) < 4.78 is 0. The van der Waals surface area contributed by atoms with E-state index in [-0.39, 0.29) is 5.92 Å². The summed E-state index contributed by atoms with van der Waals surface area (Å²) in [5, 5.41) is 0. The highest BCUT2D eigenvalue weighted by atomic mass is 16.2. The van der Waals surface area contributed by atoms with Crippen LogP contribution in [0.4, 0.5) is 0 Å². The molecule has 0 fully saturated rings. The molecule has 26 heavy (non-hydrogen) atoms. The first-order chi connectivity index (χ1) is 12.6. The van der Waals surface area contributed by atoms with Crippen LogP contribution in [-0.4, -0.2) is 24.9 Å². The van der Waals surface area contributed by atoms with Crippen LogP contribution in [0.15, 0.2) is 0 Å². The van der Waals surface area contributed by atoms with Gasteiger partial charge < -0.3 is 4.90 Å².